The van der Waals surface area contributed by atoms with Crippen LogP contribution >= 0.6 is 11.8 Å². The molecule has 0 amide bonds. The Labute approximate surface area is 181 Å². The molecule has 0 unspecified atom stereocenters. The van der Waals surface area contributed by atoms with Crippen molar-refractivity contribution in [1.82, 2.24) is 9.97 Å². The van der Waals surface area contributed by atoms with E-state index in [1.807, 2.05) is 24.2 Å². The summed E-state index contributed by atoms with van der Waals surface area (Å²) in [5.74, 6) is 8.86. The highest BCUT2D eigenvalue weighted by atomic mass is 32.2. The number of hydrogen-bond acceptors (Lipinski definition) is 3. The zero-order chi connectivity index (χ0) is 20.7. The second kappa shape index (κ2) is 10.3. The number of hydrogen-bond donors (Lipinski definition) is 0. The normalized spacial score (nSPS) is 14.8. The summed E-state index contributed by atoms with van der Waals surface area (Å²) in [5.41, 5.74) is 5.07. The Hall–Kier alpha value is -1.79. The first-order valence-corrected chi connectivity index (χ1v) is 12.1. The van der Waals surface area contributed by atoms with Crippen LogP contribution in [0.4, 0.5) is 0 Å². The van der Waals surface area contributed by atoms with Crippen molar-refractivity contribution in [3.05, 3.63) is 52.6 Å². The molecule has 0 spiro atoms. The molecule has 0 saturated carbocycles. The molecule has 2 heterocycles. The Morgan fingerprint density at radius 2 is 1.76 bits per heavy atom. The number of thioether (sulfide) groups is 1. The minimum absolute atomic E-state index is 0.227. The fourth-order valence-corrected chi connectivity index (χ4v) is 5.35. The van der Waals surface area contributed by atoms with Gasteiger partial charge in [0.2, 0.25) is 0 Å². The quantitative estimate of drug-likeness (QED) is 0.377. The van der Waals surface area contributed by atoms with E-state index in [2.05, 4.69) is 61.6 Å². The molecule has 154 valence electrons. The van der Waals surface area contributed by atoms with Crippen LogP contribution in [0.1, 0.15) is 94.3 Å². The van der Waals surface area contributed by atoms with E-state index in [1.165, 1.54) is 60.3 Å². The van der Waals surface area contributed by atoms with Gasteiger partial charge in [0.05, 0.1) is 5.56 Å². The molecule has 2 nitrogen and oxygen atoms in total. The molecule has 0 fully saturated rings. The van der Waals surface area contributed by atoms with E-state index in [4.69, 9.17) is 0 Å². The van der Waals surface area contributed by atoms with Crippen LogP contribution in [0.15, 0.2) is 29.4 Å². The molecule has 1 aromatic heterocycles. The second-order valence-electron chi connectivity index (χ2n) is 8.64. The summed E-state index contributed by atoms with van der Waals surface area (Å²) in [5, 5.41) is 0. The Morgan fingerprint density at radius 1 is 1.00 bits per heavy atom. The lowest BCUT2D eigenvalue weighted by Gasteiger charge is -2.32. The van der Waals surface area contributed by atoms with Gasteiger partial charge in [-0.3, -0.25) is 0 Å². The largest absolute Gasteiger partial charge is 0.240 e. The zero-order valence-electron chi connectivity index (χ0n) is 18.5. The van der Waals surface area contributed by atoms with E-state index in [-0.39, 0.29) is 5.41 Å². The van der Waals surface area contributed by atoms with Crippen molar-refractivity contribution >= 4 is 11.8 Å². The van der Waals surface area contributed by atoms with Gasteiger partial charge in [-0.2, -0.15) is 0 Å². The summed E-state index contributed by atoms with van der Waals surface area (Å²) in [7, 11) is 0. The van der Waals surface area contributed by atoms with Crippen LogP contribution in [0, 0.1) is 11.8 Å². The number of aryl methyl sites for hydroxylation is 2. The van der Waals surface area contributed by atoms with Crippen LogP contribution in [0.25, 0.3) is 0 Å². The highest BCUT2D eigenvalue weighted by Crippen LogP contribution is 2.42. The third-order valence-electron chi connectivity index (χ3n) is 5.85. The lowest BCUT2D eigenvalue weighted by molar-refractivity contribution is 0.493. The van der Waals surface area contributed by atoms with E-state index in [0.717, 1.165) is 29.8 Å². The Morgan fingerprint density at radius 3 is 2.48 bits per heavy atom. The molecule has 29 heavy (non-hydrogen) atoms. The van der Waals surface area contributed by atoms with Crippen molar-refractivity contribution in [3.63, 3.8) is 0 Å². The fraction of sp³-hybridized carbons (Fsp3) is 0.538. The van der Waals surface area contributed by atoms with Crippen molar-refractivity contribution < 1.29 is 0 Å². The van der Waals surface area contributed by atoms with Gasteiger partial charge in [0.1, 0.15) is 5.82 Å². The van der Waals surface area contributed by atoms with Gasteiger partial charge in [0, 0.05) is 29.3 Å². The number of unbranched alkanes of at least 4 members (excludes halogenated alkanes) is 4. The molecule has 2 aromatic rings. The molecule has 1 aliphatic heterocycles. The van der Waals surface area contributed by atoms with Gasteiger partial charge >= 0.3 is 0 Å². The van der Waals surface area contributed by atoms with Gasteiger partial charge < -0.3 is 0 Å². The molecule has 3 heteroatoms. The minimum Gasteiger partial charge on any atom is -0.240 e. The van der Waals surface area contributed by atoms with Crippen molar-refractivity contribution in [2.45, 2.75) is 89.4 Å². The number of rotatable bonds is 7. The molecule has 1 aromatic carbocycles. The first-order valence-electron chi connectivity index (χ1n) is 11.2. The van der Waals surface area contributed by atoms with Crippen LogP contribution in [0.3, 0.4) is 0 Å². The van der Waals surface area contributed by atoms with Crippen molar-refractivity contribution in [1.29, 1.82) is 0 Å². The van der Waals surface area contributed by atoms with E-state index in [9.17, 15) is 0 Å². The molecule has 1 aliphatic rings. The Balaban J connectivity index is 1.72. The van der Waals surface area contributed by atoms with Gasteiger partial charge in [-0.15, -0.1) is 11.8 Å². The molecule has 0 atom stereocenters. The van der Waals surface area contributed by atoms with E-state index in [0.29, 0.717) is 0 Å². The number of nitrogens with zero attached hydrogens (tertiary/aromatic N) is 2. The van der Waals surface area contributed by atoms with Crippen molar-refractivity contribution in [2.24, 2.45) is 0 Å². The summed E-state index contributed by atoms with van der Waals surface area (Å²) >= 11 is 1.99. The molecule has 0 bridgehead atoms. The summed E-state index contributed by atoms with van der Waals surface area (Å²) in [6.07, 6.45) is 13.3. The summed E-state index contributed by atoms with van der Waals surface area (Å²) < 4.78 is 0. The summed E-state index contributed by atoms with van der Waals surface area (Å²) in [6, 6.07) is 4.70. The van der Waals surface area contributed by atoms with Gasteiger partial charge in [-0.1, -0.05) is 65.2 Å². The first-order chi connectivity index (χ1) is 14.0. The first kappa shape index (κ1) is 21.9. The second-order valence-corrected chi connectivity index (χ2v) is 9.78. The minimum atomic E-state index is 0.227. The van der Waals surface area contributed by atoms with Crippen LogP contribution in [0.2, 0.25) is 0 Å². The topological polar surface area (TPSA) is 25.8 Å². The van der Waals surface area contributed by atoms with Crippen molar-refractivity contribution in [3.8, 4) is 11.8 Å². The maximum atomic E-state index is 4.53. The van der Waals surface area contributed by atoms with Gasteiger partial charge in [-0.25, -0.2) is 9.97 Å². The van der Waals surface area contributed by atoms with Gasteiger partial charge in [0.15, 0.2) is 0 Å². The highest BCUT2D eigenvalue weighted by Gasteiger charge is 2.28. The highest BCUT2D eigenvalue weighted by molar-refractivity contribution is 7.99. The van der Waals surface area contributed by atoms with Gasteiger partial charge in [0.25, 0.3) is 0 Å². The lowest BCUT2D eigenvalue weighted by atomic mass is 9.80. The van der Waals surface area contributed by atoms with Crippen molar-refractivity contribution in [2.75, 3.05) is 5.75 Å². The van der Waals surface area contributed by atoms with Crippen LogP contribution in [-0.4, -0.2) is 15.7 Å². The average Bonchev–Trinajstić information content (AvgIpc) is 2.72. The maximum absolute atomic E-state index is 4.53. The third kappa shape index (κ3) is 5.86. The molecule has 3 rings (SSSR count). The number of aromatic nitrogens is 2. The van der Waals surface area contributed by atoms with Crippen LogP contribution < -0.4 is 0 Å². The molecular formula is C26H34N2S. The molecule has 0 radical (unpaired) electrons. The Bertz CT molecular complexity index is 872. The van der Waals surface area contributed by atoms with Crippen LogP contribution in [0.5, 0.6) is 0 Å². The third-order valence-corrected chi connectivity index (χ3v) is 6.91. The van der Waals surface area contributed by atoms with E-state index >= 15 is 0 Å². The summed E-state index contributed by atoms with van der Waals surface area (Å²) in [6.45, 7) is 9.16. The SMILES string of the molecule is CCCCCCCc1ncc(C#Cc2cc3c(cc2CC)SCCC3(C)C)cn1. The standard InChI is InChI=1S/C26H34N2S/c1-5-7-8-9-10-11-25-27-18-20(19-28-25)12-13-22-16-23-24(17-21(22)6-2)29-15-14-26(23,3)4/h16-19H,5-11,14-15H2,1-4H3. The predicted octanol–water partition coefficient (Wildman–Crippen LogP) is 6.73. The monoisotopic (exact) mass is 406 g/mol. The molecule has 0 N–H and O–H groups in total. The smallest absolute Gasteiger partial charge is 0.128 e. The molecule has 0 saturated heterocycles. The number of fused-ring (bicyclic) bond motifs is 1. The van der Waals surface area contributed by atoms with Crippen LogP contribution in [-0.2, 0) is 18.3 Å². The predicted molar refractivity (Wildman–Crippen MR) is 125 cm³/mol. The lowest BCUT2D eigenvalue weighted by Crippen LogP contribution is -2.23. The van der Waals surface area contributed by atoms with E-state index < -0.39 is 0 Å². The van der Waals surface area contributed by atoms with Gasteiger partial charge in [-0.05, 0) is 53.7 Å². The zero-order valence-corrected chi connectivity index (χ0v) is 19.3. The number of benzene rings is 1. The maximum Gasteiger partial charge on any atom is 0.128 e. The van der Waals surface area contributed by atoms with E-state index in [1.54, 1.807) is 0 Å². The molecule has 0 aliphatic carbocycles. The molecular weight excluding hydrogens is 372 g/mol. The summed E-state index contributed by atoms with van der Waals surface area (Å²) in [4.78, 5) is 10.5. The fourth-order valence-electron chi connectivity index (χ4n) is 3.80. The average molecular weight is 407 g/mol. The Kier molecular flexibility index (Phi) is 7.78.